The van der Waals surface area contributed by atoms with Gasteiger partial charge in [-0.2, -0.15) is 0 Å². The number of unbranched alkanes of at least 4 members (excludes halogenated alkanes) is 1. The lowest BCUT2D eigenvalue weighted by Gasteiger charge is -2.35. The molecule has 1 amide bonds. The standard InChI is InChI=1S/C36H42N2O2S/c1-4-31-11-7-9-21-37(31)22-10-8-13-33(39)29-19-17-28(18-20-29)24-35-36(40)38(32-12-5-6-14-34(32)41-35)25-30-23-26(2)15-16-27(30)3/h5-6,12,14-20,23-24,31H,4,7-11,13,21-22,25H2,1-3H3/b35-24-. The highest BCUT2D eigenvalue weighted by atomic mass is 32.2. The number of carbonyl (C=O) groups excluding carboxylic acids is 2. The van der Waals surface area contributed by atoms with Crippen LogP contribution in [0.2, 0.25) is 0 Å². The molecule has 5 heteroatoms. The maximum Gasteiger partial charge on any atom is 0.265 e. The lowest BCUT2D eigenvalue weighted by Crippen LogP contribution is -2.39. The van der Waals surface area contributed by atoms with Crippen LogP contribution in [0.15, 0.2) is 76.5 Å². The highest BCUT2D eigenvalue weighted by Gasteiger charge is 2.29. The van der Waals surface area contributed by atoms with E-state index in [1.165, 1.54) is 55.1 Å². The third-order valence-corrected chi connectivity index (χ3v) is 9.59. The van der Waals surface area contributed by atoms with Gasteiger partial charge in [-0.1, -0.05) is 85.3 Å². The molecule has 1 fully saturated rings. The van der Waals surface area contributed by atoms with Gasteiger partial charge in [0.2, 0.25) is 0 Å². The first kappa shape index (κ1) is 29.3. The maximum absolute atomic E-state index is 13.7. The van der Waals surface area contributed by atoms with Crippen LogP contribution >= 0.6 is 11.8 Å². The highest BCUT2D eigenvalue weighted by Crippen LogP contribution is 2.42. The molecule has 4 nitrogen and oxygen atoms in total. The van der Waals surface area contributed by atoms with Crippen molar-refractivity contribution in [2.75, 3.05) is 18.0 Å². The Labute approximate surface area is 249 Å². The topological polar surface area (TPSA) is 40.6 Å². The zero-order valence-corrected chi connectivity index (χ0v) is 25.5. The molecule has 1 saturated heterocycles. The summed E-state index contributed by atoms with van der Waals surface area (Å²) in [6.07, 6.45) is 9.75. The average Bonchev–Trinajstić information content (AvgIpc) is 2.99. The van der Waals surface area contributed by atoms with Gasteiger partial charge in [0, 0.05) is 22.9 Å². The number of piperidine rings is 1. The second-order valence-electron chi connectivity index (χ2n) is 11.5. The first-order valence-electron chi connectivity index (χ1n) is 15.2. The predicted molar refractivity (Wildman–Crippen MR) is 172 cm³/mol. The van der Waals surface area contributed by atoms with Gasteiger partial charge in [-0.05, 0) is 93.9 Å². The van der Waals surface area contributed by atoms with Crippen molar-refractivity contribution in [3.05, 3.63) is 99.5 Å². The van der Waals surface area contributed by atoms with Crippen molar-refractivity contribution in [3.63, 3.8) is 0 Å². The Morgan fingerprint density at radius 1 is 1.00 bits per heavy atom. The third kappa shape index (κ3) is 7.20. The number of nitrogens with zero attached hydrogens (tertiary/aromatic N) is 2. The van der Waals surface area contributed by atoms with Crippen LogP contribution in [0, 0.1) is 13.8 Å². The van der Waals surface area contributed by atoms with Gasteiger partial charge in [0.15, 0.2) is 5.78 Å². The number of Topliss-reactive ketones (excluding diaryl/α,β-unsaturated/α-hetero) is 1. The number of ketones is 1. The molecule has 1 unspecified atom stereocenters. The molecular formula is C36H42N2O2S. The summed E-state index contributed by atoms with van der Waals surface area (Å²) in [4.78, 5) is 32.9. The van der Waals surface area contributed by atoms with Crippen LogP contribution in [-0.2, 0) is 11.3 Å². The smallest absolute Gasteiger partial charge is 0.265 e. The Bertz CT molecular complexity index is 1410. The van der Waals surface area contributed by atoms with Crippen molar-refractivity contribution in [1.82, 2.24) is 4.90 Å². The molecule has 5 rings (SSSR count). The monoisotopic (exact) mass is 566 g/mol. The summed E-state index contributed by atoms with van der Waals surface area (Å²) in [6, 6.07) is 23.0. The van der Waals surface area contributed by atoms with E-state index in [0.29, 0.717) is 17.9 Å². The first-order chi connectivity index (χ1) is 19.9. The van der Waals surface area contributed by atoms with E-state index in [0.717, 1.165) is 52.7 Å². The maximum atomic E-state index is 13.7. The second kappa shape index (κ2) is 13.7. The van der Waals surface area contributed by atoms with Crippen molar-refractivity contribution in [1.29, 1.82) is 0 Å². The fourth-order valence-electron chi connectivity index (χ4n) is 6.04. The summed E-state index contributed by atoms with van der Waals surface area (Å²) in [7, 11) is 0. The van der Waals surface area contributed by atoms with Crippen molar-refractivity contribution < 1.29 is 9.59 Å². The molecule has 2 heterocycles. The molecule has 3 aromatic carbocycles. The minimum absolute atomic E-state index is 0.00813. The molecule has 0 saturated carbocycles. The summed E-state index contributed by atoms with van der Waals surface area (Å²) >= 11 is 1.52. The molecule has 0 radical (unpaired) electrons. The van der Waals surface area contributed by atoms with Crippen LogP contribution in [0.3, 0.4) is 0 Å². The van der Waals surface area contributed by atoms with Gasteiger partial charge in [-0.3, -0.25) is 9.59 Å². The molecule has 0 bridgehead atoms. The van der Waals surface area contributed by atoms with Gasteiger partial charge in [0.25, 0.3) is 5.91 Å². The summed E-state index contributed by atoms with van der Waals surface area (Å²) in [5.41, 5.74) is 6.16. The van der Waals surface area contributed by atoms with E-state index in [9.17, 15) is 9.59 Å². The largest absolute Gasteiger partial charge is 0.302 e. The highest BCUT2D eigenvalue weighted by molar-refractivity contribution is 8.04. The lowest BCUT2D eigenvalue weighted by atomic mass is 9.99. The molecule has 0 aromatic heterocycles. The average molecular weight is 567 g/mol. The number of aryl methyl sites for hydroxylation is 2. The number of fused-ring (bicyclic) bond motifs is 1. The third-order valence-electron chi connectivity index (χ3n) is 8.51. The summed E-state index contributed by atoms with van der Waals surface area (Å²) in [6.45, 7) is 9.32. The molecule has 1 atom stereocenters. The molecule has 2 aliphatic heterocycles. The van der Waals surface area contributed by atoms with Gasteiger partial charge in [-0.15, -0.1) is 0 Å². The van der Waals surface area contributed by atoms with E-state index >= 15 is 0 Å². The van der Waals surface area contributed by atoms with Crippen LogP contribution < -0.4 is 4.90 Å². The Hall–Kier alpha value is -3.15. The van der Waals surface area contributed by atoms with E-state index < -0.39 is 0 Å². The Morgan fingerprint density at radius 2 is 1.80 bits per heavy atom. The first-order valence-corrected chi connectivity index (χ1v) is 16.0. The van der Waals surface area contributed by atoms with Crippen molar-refractivity contribution in [2.24, 2.45) is 0 Å². The van der Waals surface area contributed by atoms with Crippen LogP contribution in [-0.4, -0.2) is 35.7 Å². The fourth-order valence-corrected chi connectivity index (χ4v) is 7.10. The van der Waals surface area contributed by atoms with E-state index in [2.05, 4.69) is 49.9 Å². The van der Waals surface area contributed by atoms with E-state index in [4.69, 9.17) is 0 Å². The molecular weight excluding hydrogens is 524 g/mol. The number of anilines is 1. The zero-order valence-electron chi connectivity index (χ0n) is 24.7. The van der Waals surface area contributed by atoms with Gasteiger partial charge < -0.3 is 9.80 Å². The number of thioether (sulfide) groups is 1. The van der Waals surface area contributed by atoms with Gasteiger partial charge in [0.1, 0.15) is 0 Å². The molecule has 2 aliphatic rings. The number of carbonyl (C=O) groups is 2. The summed E-state index contributed by atoms with van der Waals surface area (Å²) in [5.74, 6) is 0.209. The molecule has 0 spiro atoms. The predicted octanol–water partition coefficient (Wildman–Crippen LogP) is 8.60. The van der Waals surface area contributed by atoms with E-state index in [1.807, 2.05) is 53.4 Å². The van der Waals surface area contributed by atoms with Crippen LogP contribution in [0.5, 0.6) is 0 Å². The molecule has 214 valence electrons. The van der Waals surface area contributed by atoms with Crippen LogP contribution in [0.25, 0.3) is 6.08 Å². The minimum atomic E-state index is 0.00813. The Morgan fingerprint density at radius 3 is 2.61 bits per heavy atom. The summed E-state index contributed by atoms with van der Waals surface area (Å²) < 4.78 is 0. The van der Waals surface area contributed by atoms with Crippen molar-refractivity contribution in [2.45, 2.75) is 83.2 Å². The SMILES string of the molecule is CCC1CCCCN1CCCCC(=O)c1ccc(/C=C2\Sc3ccccc3N(Cc3cc(C)ccc3C)C2=O)cc1. The number of hydrogen-bond acceptors (Lipinski definition) is 4. The Kier molecular flexibility index (Phi) is 9.79. The number of para-hydroxylation sites is 1. The molecule has 0 N–H and O–H groups in total. The Balaban J connectivity index is 1.23. The number of amides is 1. The molecule has 0 aliphatic carbocycles. The van der Waals surface area contributed by atoms with Gasteiger partial charge >= 0.3 is 0 Å². The zero-order chi connectivity index (χ0) is 28.8. The van der Waals surface area contributed by atoms with Gasteiger partial charge in [-0.25, -0.2) is 0 Å². The van der Waals surface area contributed by atoms with Crippen molar-refractivity contribution in [3.8, 4) is 0 Å². The molecule has 3 aromatic rings. The fraction of sp³-hybridized carbons (Fsp3) is 0.389. The van der Waals surface area contributed by atoms with Gasteiger partial charge in [0.05, 0.1) is 17.1 Å². The quantitative estimate of drug-likeness (QED) is 0.140. The number of benzene rings is 3. The number of hydrogen-bond donors (Lipinski definition) is 0. The molecule has 41 heavy (non-hydrogen) atoms. The van der Waals surface area contributed by atoms with Crippen LogP contribution in [0.4, 0.5) is 5.69 Å². The van der Waals surface area contributed by atoms with E-state index in [1.54, 1.807) is 0 Å². The number of rotatable bonds is 10. The normalized spacial score (nSPS) is 18.5. The lowest BCUT2D eigenvalue weighted by molar-refractivity contribution is -0.114. The van der Waals surface area contributed by atoms with Crippen LogP contribution in [0.1, 0.15) is 84.5 Å². The number of likely N-dealkylation sites (tertiary alicyclic amines) is 1. The summed E-state index contributed by atoms with van der Waals surface area (Å²) in [5, 5.41) is 0. The minimum Gasteiger partial charge on any atom is -0.302 e. The second-order valence-corrected chi connectivity index (χ2v) is 12.6. The van der Waals surface area contributed by atoms with Crippen molar-refractivity contribution >= 4 is 35.2 Å². The van der Waals surface area contributed by atoms with E-state index in [-0.39, 0.29) is 11.7 Å².